The van der Waals surface area contributed by atoms with E-state index in [1.807, 2.05) is 13.0 Å². The topological polar surface area (TPSA) is 143 Å². The molecule has 1 fully saturated rings. The number of hydrogen-bond donors (Lipinski definition) is 6. The maximum absolute atomic E-state index is 13.3. The summed E-state index contributed by atoms with van der Waals surface area (Å²) in [5.74, 6) is -2.63. The number of nitrogens with one attached hydrogen (secondary N) is 4. The Bertz CT molecular complexity index is 2090. The van der Waals surface area contributed by atoms with Crippen molar-refractivity contribution in [1.82, 2.24) is 20.3 Å². The molecular formula is C35H40N4O5. The van der Waals surface area contributed by atoms with Crippen molar-refractivity contribution >= 4 is 54.2 Å². The van der Waals surface area contributed by atoms with Crippen LogP contribution in [0.1, 0.15) is 60.3 Å². The highest BCUT2D eigenvalue weighted by Gasteiger charge is 2.47. The summed E-state index contributed by atoms with van der Waals surface area (Å²) in [6.07, 6.45) is 9.27. The van der Waals surface area contributed by atoms with E-state index >= 15 is 0 Å². The third kappa shape index (κ3) is 4.40. The van der Waals surface area contributed by atoms with Crippen LogP contribution < -0.4 is 37.2 Å². The van der Waals surface area contributed by atoms with Gasteiger partial charge in [-0.3, -0.25) is 9.59 Å². The molecule has 6 N–H and O–H groups in total. The molecule has 0 amide bonds. The molecule has 5 atom stereocenters. The second kappa shape index (κ2) is 10.9. The number of hydrogen-bond acceptors (Lipinski definition) is 5. The first-order valence-electron chi connectivity index (χ1n) is 15.2. The fourth-order valence-corrected chi connectivity index (χ4v) is 7.67. The Morgan fingerprint density at radius 2 is 1.80 bits per heavy atom. The summed E-state index contributed by atoms with van der Waals surface area (Å²) >= 11 is 0. The number of fused-ring (bicyclic) bond motifs is 8. The van der Waals surface area contributed by atoms with Crippen LogP contribution in [0, 0.1) is 31.6 Å². The van der Waals surface area contributed by atoms with Gasteiger partial charge in [0.15, 0.2) is 0 Å². The van der Waals surface area contributed by atoms with Gasteiger partial charge in [-0.15, -0.1) is 0 Å². The Morgan fingerprint density at radius 1 is 1.07 bits per heavy atom. The molecule has 44 heavy (non-hydrogen) atoms. The first-order valence-corrected chi connectivity index (χ1v) is 15.2. The lowest BCUT2D eigenvalue weighted by atomic mass is 9.79. The monoisotopic (exact) mass is 596 g/mol. The molecule has 8 bridgehead atoms. The number of H-pyrrole nitrogens is 3. The summed E-state index contributed by atoms with van der Waals surface area (Å²) < 4.78 is 5.20. The van der Waals surface area contributed by atoms with Crippen molar-refractivity contribution in [2.45, 2.75) is 59.0 Å². The van der Waals surface area contributed by atoms with Gasteiger partial charge in [-0.1, -0.05) is 33.1 Å². The largest absolute Gasteiger partial charge is 0.510 e. The van der Waals surface area contributed by atoms with Gasteiger partial charge in [0.1, 0.15) is 11.7 Å². The van der Waals surface area contributed by atoms with Crippen molar-refractivity contribution < 1.29 is 24.5 Å². The van der Waals surface area contributed by atoms with Crippen molar-refractivity contribution in [2.24, 2.45) is 17.8 Å². The molecule has 2 unspecified atom stereocenters. The number of carboxylic acids is 1. The fraction of sp³-hybridized carbons (Fsp3) is 0.371. The zero-order valence-corrected chi connectivity index (χ0v) is 25.9. The second-order valence-corrected chi connectivity index (χ2v) is 12.2. The number of carbonyl (C=O) groups is 2. The predicted octanol–water partition coefficient (Wildman–Crippen LogP) is 0.432. The maximum Gasteiger partial charge on any atom is 0.320 e. The summed E-state index contributed by atoms with van der Waals surface area (Å²) in [4.78, 5) is 35.8. The molecule has 3 aromatic rings. The van der Waals surface area contributed by atoms with Gasteiger partial charge in [0.25, 0.3) is 0 Å². The summed E-state index contributed by atoms with van der Waals surface area (Å²) in [5.41, 5.74) is 6.45. The van der Waals surface area contributed by atoms with Gasteiger partial charge < -0.3 is 35.2 Å². The molecule has 5 heterocycles. The van der Waals surface area contributed by atoms with Crippen molar-refractivity contribution in [3.63, 3.8) is 0 Å². The summed E-state index contributed by atoms with van der Waals surface area (Å²) in [6.45, 7) is 16.7. The first kappa shape index (κ1) is 29.6. The molecule has 9 nitrogen and oxygen atoms in total. The second-order valence-electron chi connectivity index (χ2n) is 12.2. The number of rotatable bonds is 6. The molecule has 3 aromatic heterocycles. The third-order valence-electron chi connectivity index (χ3n) is 10.1. The molecule has 6 rings (SSSR count). The fourth-order valence-electron chi connectivity index (χ4n) is 7.67. The third-order valence-corrected chi connectivity index (χ3v) is 10.1. The summed E-state index contributed by atoms with van der Waals surface area (Å²) in [5, 5.41) is 29.9. The van der Waals surface area contributed by atoms with E-state index < -0.39 is 23.9 Å². The van der Waals surface area contributed by atoms with Crippen molar-refractivity contribution in [3.8, 4) is 0 Å². The number of ether oxygens (including phenoxy) is 1. The van der Waals surface area contributed by atoms with Crippen LogP contribution >= 0.6 is 0 Å². The van der Waals surface area contributed by atoms with Crippen LogP contribution in [0.15, 0.2) is 6.58 Å². The van der Waals surface area contributed by atoms with Crippen molar-refractivity contribution in [3.05, 3.63) is 72.1 Å². The van der Waals surface area contributed by atoms with Gasteiger partial charge in [0, 0.05) is 56.7 Å². The Balaban J connectivity index is 1.74. The number of aromatic nitrogens is 3. The van der Waals surface area contributed by atoms with E-state index in [0.29, 0.717) is 22.6 Å². The smallest absolute Gasteiger partial charge is 0.320 e. The van der Waals surface area contributed by atoms with E-state index in [4.69, 9.17) is 4.74 Å². The lowest BCUT2D eigenvalue weighted by Crippen LogP contribution is -2.40. The van der Waals surface area contributed by atoms with Crippen LogP contribution in [0.4, 0.5) is 0 Å². The van der Waals surface area contributed by atoms with Crippen LogP contribution in [-0.4, -0.2) is 56.3 Å². The SMILES string of the molecule is C=Cc1c2[nH]/c(c1=C)=C\C1NC(C3=c4[nH]c(c(C)c4=C(O)[C@@H]3C(=O)OC)/C=c3\[nH]/c(c(C)c3CC)=C\2)[C@@H](CCC(=O)O)[C@@H]1C. The molecule has 0 saturated carbocycles. The maximum atomic E-state index is 13.3. The van der Waals surface area contributed by atoms with Gasteiger partial charge in [-0.25, -0.2) is 0 Å². The molecule has 1 aliphatic carbocycles. The lowest BCUT2D eigenvalue weighted by Gasteiger charge is -2.26. The van der Waals surface area contributed by atoms with Gasteiger partial charge in [0.2, 0.25) is 0 Å². The Morgan fingerprint density at radius 3 is 2.45 bits per heavy atom. The van der Waals surface area contributed by atoms with Gasteiger partial charge in [-0.2, -0.15) is 0 Å². The molecule has 2 aliphatic heterocycles. The van der Waals surface area contributed by atoms with Gasteiger partial charge in [-0.05, 0) is 84.2 Å². The van der Waals surface area contributed by atoms with Gasteiger partial charge in [0.05, 0.1) is 12.5 Å². The molecule has 9 heteroatoms. The van der Waals surface area contributed by atoms with E-state index in [2.05, 4.69) is 72.4 Å². The number of carbonyl (C=O) groups excluding carboxylic acids is 1. The van der Waals surface area contributed by atoms with Crippen LogP contribution in [0.25, 0.3) is 42.2 Å². The highest BCUT2D eigenvalue weighted by atomic mass is 16.5. The number of methoxy groups -OCH3 is 1. The van der Waals surface area contributed by atoms with E-state index in [1.54, 1.807) is 0 Å². The van der Waals surface area contributed by atoms with Crippen LogP contribution in [0.3, 0.4) is 0 Å². The quantitative estimate of drug-likeness (QED) is 0.228. The zero-order valence-electron chi connectivity index (χ0n) is 25.9. The minimum atomic E-state index is -1.00. The number of aliphatic carboxylic acids is 1. The van der Waals surface area contributed by atoms with Crippen LogP contribution in [0.2, 0.25) is 0 Å². The molecular weight excluding hydrogens is 556 g/mol. The molecule has 230 valence electrons. The molecule has 0 spiro atoms. The summed E-state index contributed by atoms with van der Waals surface area (Å²) in [7, 11) is 1.32. The molecule has 0 radical (unpaired) electrons. The average Bonchev–Trinajstić information content (AvgIpc) is 3.72. The van der Waals surface area contributed by atoms with Crippen molar-refractivity contribution in [1.29, 1.82) is 0 Å². The van der Waals surface area contributed by atoms with Crippen molar-refractivity contribution in [2.75, 3.05) is 7.11 Å². The predicted molar refractivity (Wildman–Crippen MR) is 171 cm³/mol. The molecule has 0 aromatic carbocycles. The highest BCUT2D eigenvalue weighted by molar-refractivity contribution is 5.95. The van der Waals surface area contributed by atoms with Gasteiger partial charge >= 0.3 is 11.9 Å². The van der Waals surface area contributed by atoms with E-state index in [0.717, 1.165) is 55.8 Å². The lowest BCUT2D eigenvalue weighted by molar-refractivity contribution is -0.142. The molecule has 3 aliphatic rings. The Kier molecular flexibility index (Phi) is 7.32. The van der Waals surface area contributed by atoms with E-state index in [-0.39, 0.29) is 30.1 Å². The number of carboxylic acid groups (broad SMARTS) is 1. The van der Waals surface area contributed by atoms with E-state index in [1.165, 1.54) is 12.7 Å². The van der Waals surface area contributed by atoms with Crippen LogP contribution in [0.5, 0.6) is 0 Å². The zero-order chi connectivity index (χ0) is 31.6. The standard InChI is InChI=1S/C35H40N4O5/c1-8-19-15(3)22-12-24-17(5)21(10-11-28(40)41)32(38-24)30-31(35(43)44-7)34(42)29-18(6)25(39-33(29)30)14-27-20(9-2)16(4)23(37-27)13-26(19)36-22/h8,12-14,17,21,24,31-32,36-39,42H,1,3,9-11H2,2,4-7H3,(H,40,41)/b22-12-,23-13-,27-14-/t17-,21-,24?,31+,32?/m0/s1. The number of esters is 1. The highest BCUT2D eigenvalue weighted by Crippen LogP contribution is 2.40. The Labute approximate surface area is 254 Å². The molecule has 1 saturated heterocycles. The average molecular weight is 597 g/mol. The summed E-state index contributed by atoms with van der Waals surface area (Å²) in [6, 6.07) is -0.587. The number of aromatic amines is 3. The van der Waals surface area contributed by atoms with Crippen LogP contribution in [-0.2, 0) is 20.7 Å². The number of aliphatic hydroxyl groups excluding tert-OH is 1. The normalized spacial score (nSPS) is 25.9. The number of aliphatic hydroxyl groups is 1. The minimum Gasteiger partial charge on any atom is -0.510 e. The first-order chi connectivity index (χ1) is 21.0. The van der Waals surface area contributed by atoms with E-state index in [9.17, 15) is 19.8 Å². The Hall–Kier alpha value is -4.50. The minimum absolute atomic E-state index is 0.00340.